The monoisotopic (exact) mass is 462 g/mol. The van der Waals surface area contributed by atoms with Crippen LogP contribution in [-0.4, -0.2) is 39.8 Å². The Bertz CT molecular complexity index is 1160. The Balaban J connectivity index is 1.64. The number of anilines is 2. The number of para-hydroxylation sites is 1. The highest BCUT2D eigenvalue weighted by Crippen LogP contribution is 2.38. The van der Waals surface area contributed by atoms with E-state index in [-0.39, 0.29) is 5.91 Å². The number of methoxy groups -OCH3 is 1. The van der Waals surface area contributed by atoms with Crippen LogP contribution in [0.5, 0.6) is 11.5 Å². The lowest BCUT2D eigenvalue weighted by molar-refractivity contribution is -0.113. The molecule has 9 heteroatoms. The van der Waals surface area contributed by atoms with Gasteiger partial charge in [-0.3, -0.25) is 4.79 Å². The second-order valence-electron chi connectivity index (χ2n) is 8.15. The third kappa shape index (κ3) is 5.03. The number of aromatic nitrogens is 4. The van der Waals surface area contributed by atoms with E-state index in [1.54, 1.807) is 11.8 Å². The molecule has 0 spiro atoms. The van der Waals surface area contributed by atoms with E-state index in [9.17, 15) is 4.79 Å². The Hall–Kier alpha value is -3.88. The van der Waals surface area contributed by atoms with E-state index < -0.39 is 6.04 Å². The van der Waals surface area contributed by atoms with Crippen LogP contribution in [0.25, 0.3) is 0 Å². The van der Waals surface area contributed by atoms with Crippen LogP contribution >= 0.6 is 0 Å². The van der Waals surface area contributed by atoms with Crippen LogP contribution in [0.15, 0.2) is 59.8 Å². The summed E-state index contributed by atoms with van der Waals surface area (Å²) in [5, 5.41) is 18.1. The van der Waals surface area contributed by atoms with Crippen molar-refractivity contribution in [3.8, 4) is 11.5 Å². The Labute approximate surface area is 199 Å². The van der Waals surface area contributed by atoms with Crippen molar-refractivity contribution in [1.29, 1.82) is 0 Å². The zero-order valence-corrected chi connectivity index (χ0v) is 19.7. The van der Waals surface area contributed by atoms with Crippen LogP contribution in [0.2, 0.25) is 0 Å². The molecule has 1 atom stereocenters. The van der Waals surface area contributed by atoms with Crippen molar-refractivity contribution in [3.63, 3.8) is 0 Å². The van der Waals surface area contributed by atoms with Crippen LogP contribution in [0.3, 0.4) is 0 Å². The maximum absolute atomic E-state index is 13.4. The highest BCUT2D eigenvalue weighted by atomic mass is 16.5. The third-order valence-electron chi connectivity index (χ3n) is 5.75. The Morgan fingerprint density at radius 3 is 2.71 bits per heavy atom. The van der Waals surface area contributed by atoms with E-state index in [1.807, 2.05) is 55.5 Å². The summed E-state index contributed by atoms with van der Waals surface area (Å²) in [7, 11) is 1.61. The molecular formula is C25H30N6O3. The molecule has 2 N–H and O–H groups in total. The largest absolute Gasteiger partial charge is 0.493 e. The van der Waals surface area contributed by atoms with E-state index in [0.29, 0.717) is 41.0 Å². The molecule has 1 unspecified atom stereocenters. The molecule has 34 heavy (non-hydrogen) atoms. The van der Waals surface area contributed by atoms with Gasteiger partial charge in [0.25, 0.3) is 5.91 Å². The molecule has 178 valence electrons. The molecule has 0 bridgehead atoms. The SMILES string of the molecule is CCCCCCOc1ccc(C2C(C(=O)Nc3ccccc3)=C(C)Nc3nnnn32)cc1OC. The summed E-state index contributed by atoms with van der Waals surface area (Å²) in [5.74, 6) is 1.50. The predicted molar refractivity (Wildman–Crippen MR) is 130 cm³/mol. The lowest BCUT2D eigenvalue weighted by Crippen LogP contribution is -2.31. The molecule has 0 aliphatic carbocycles. The minimum atomic E-state index is -0.539. The number of hydrogen-bond donors (Lipinski definition) is 2. The first-order valence-electron chi connectivity index (χ1n) is 11.5. The number of amides is 1. The molecule has 0 saturated carbocycles. The number of nitrogens with one attached hydrogen (secondary N) is 2. The Morgan fingerprint density at radius 1 is 1.12 bits per heavy atom. The van der Waals surface area contributed by atoms with E-state index in [0.717, 1.165) is 18.4 Å². The van der Waals surface area contributed by atoms with E-state index in [1.165, 1.54) is 12.8 Å². The number of rotatable bonds is 10. The van der Waals surface area contributed by atoms with Gasteiger partial charge in [-0.05, 0) is 53.6 Å². The van der Waals surface area contributed by atoms with Crippen LogP contribution in [0.4, 0.5) is 11.6 Å². The van der Waals surface area contributed by atoms with Gasteiger partial charge in [0, 0.05) is 11.4 Å². The van der Waals surface area contributed by atoms with Crippen LogP contribution in [0.1, 0.15) is 51.1 Å². The number of nitrogens with zero attached hydrogens (tertiary/aromatic N) is 4. The zero-order valence-electron chi connectivity index (χ0n) is 19.7. The van der Waals surface area contributed by atoms with Gasteiger partial charge in [-0.15, -0.1) is 0 Å². The van der Waals surface area contributed by atoms with Crippen molar-refractivity contribution in [2.75, 3.05) is 24.4 Å². The number of tetrazole rings is 1. The summed E-state index contributed by atoms with van der Waals surface area (Å²) in [4.78, 5) is 13.4. The lowest BCUT2D eigenvalue weighted by atomic mass is 9.94. The number of fused-ring (bicyclic) bond motifs is 1. The van der Waals surface area contributed by atoms with Crippen molar-refractivity contribution >= 4 is 17.5 Å². The first kappa shape index (κ1) is 23.3. The zero-order chi connectivity index (χ0) is 23.9. The highest BCUT2D eigenvalue weighted by molar-refractivity contribution is 6.06. The summed E-state index contributed by atoms with van der Waals surface area (Å²) >= 11 is 0. The molecule has 1 aliphatic heterocycles. The van der Waals surface area contributed by atoms with Crippen molar-refractivity contribution in [2.24, 2.45) is 0 Å². The highest BCUT2D eigenvalue weighted by Gasteiger charge is 2.34. The molecule has 4 rings (SSSR count). The van der Waals surface area contributed by atoms with E-state index in [4.69, 9.17) is 9.47 Å². The van der Waals surface area contributed by atoms with Crippen LogP contribution < -0.4 is 20.1 Å². The number of unbranched alkanes of at least 4 members (excludes halogenated alkanes) is 3. The van der Waals surface area contributed by atoms with Crippen LogP contribution in [0, 0.1) is 0 Å². The number of allylic oxidation sites excluding steroid dienone is 1. The van der Waals surface area contributed by atoms with Crippen molar-refractivity contribution in [3.05, 3.63) is 65.4 Å². The average molecular weight is 463 g/mol. The van der Waals surface area contributed by atoms with Crippen molar-refractivity contribution < 1.29 is 14.3 Å². The first-order valence-corrected chi connectivity index (χ1v) is 11.5. The number of benzene rings is 2. The fraction of sp³-hybridized carbons (Fsp3) is 0.360. The topological polar surface area (TPSA) is 103 Å². The molecule has 0 fully saturated rings. The summed E-state index contributed by atoms with van der Waals surface area (Å²) in [5.41, 5.74) is 2.70. The summed E-state index contributed by atoms with van der Waals surface area (Å²) in [6.45, 7) is 4.66. The van der Waals surface area contributed by atoms with Gasteiger partial charge < -0.3 is 20.1 Å². The molecule has 1 aromatic heterocycles. The fourth-order valence-electron chi connectivity index (χ4n) is 4.02. The molecule has 9 nitrogen and oxygen atoms in total. The Kier molecular flexibility index (Phi) is 7.41. The molecule has 2 heterocycles. The van der Waals surface area contributed by atoms with Crippen LogP contribution in [-0.2, 0) is 4.79 Å². The predicted octanol–water partition coefficient (Wildman–Crippen LogP) is 4.57. The number of ether oxygens (including phenoxy) is 2. The fourth-order valence-corrected chi connectivity index (χ4v) is 4.02. The van der Waals surface area contributed by atoms with E-state index >= 15 is 0 Å². The smallest absolute Gasteiger partial charge is 0.255 e. The quantitative estimate of drug-likeness (QED) is 0.426. The average Bonchev–Trinajstić information content (AvgIpc) is 3.31. The molecule has 0 radical (unpaired) electrons. The molecule has 0 saturated heterocycles. The normalized spacial score (nSPS) is 14.9. The molecular weight excluding hydrogens is 432 g/mol. The van der Waals surface area contributed by atoms with Gasteiger partial charge >= 0.3 is 0 Å². The summed E-state index contributed by atoms with van der Waals surface area (Å²) in [6.07, 6.45) is 4.51. The van der Waals surface area contributed by atoms with Gasteiger partial charge in [0.15, 0.2) is 11.5 Å². The molecule has 2 aromatic carbocycles. The number of carbonyl (C=O) groups excluding carboxylic acids is 1. The van der Waals surface area contributed by atoms with Crippen molar-refractivity contribution in [2.45, 2.75) is 45.6 Å². The summed E-state index contributed by atoms with van der Waals surface area (Å²) < 4.78 is 13.2. The first-order chi connectivity index (χ1) is 16.6. The van der Waals surface area contributed by atoms with Gasteiger partial charge in [-0.2, -0.15) is 4.68 Å². The van der Waals surface area contributed by atoms with Gasteiger partial charge in [0.1, 0.15) is 6.04 Å². The molecule has 1 aliphatic rings. The molecule has 3 aromatic rings. The van der Waals surface area contributed by atoms with Gasteiger partial charge in [-0.1, -0.05) is 55.6 Å². The van der Waals surface area contributed by atoms with E-state index in [2.05, 4.69) is 33.1 Å². The Morgan fingerprint density at radius 2 is 1.94 bits per heavy atom. The van der Waals surface area contributed by atoms with Gasteiger partial charge in [-0.25, -0.2) is 0 Å². The molecule has 1 amide bonds. The minimum absolute atomic E-state index is 0.238. The maximum atomic E-state index is 13.4. The number of hydrogen-bond acceptors (Lipinski definition) is 7. The minimum Gasteiger partial charge on any atom is -0.493 e. The maximum Gasteiger partial charge on any atom is 0.255 e. The number of carbonyl (C=O) groups is 1. The van der Waals surface area contributed by atoms with Crippen molar-refractivity contribution in [1.82, 2.24) is 20.2 Å². The summed E-state index contributed by atoms with van der Waals surface area (Å²) in [6, 6.07) is 14.5. The van der Waals surface area contributed by atoms with Gasteiger partial charge in [0.2, 0.25) is 5.95 Å². The standard InChI is InChI=1S/C25H30N6O3/c1-4-5-6-10-15-34-20-14-13-18(16-21(20)33-3)23-22(17(2)26-25-28-29-30-31(23)25)24(32)27-19-11-8-7-9-12-19/h7-9,11-14,16,23H,4-6,10,15H2,1-3H3,(H,27,32)(H,26,28,30). The second-order valence-corrected chi connectivity index (χ2v) is 8.15. The lowest BCUT2D eigenvalue weighted by Gasteiger charge is -2.28. The second kappa shape index (κ2) is 10.8. The third-order valence-corrected chi connectivity index (χ3v) is 5.75. The van der Waals surface area contributed by atoms with Gasteiger partial charge in [0.05, 0.1) is 19.3 Å².